The van der Waals surface area contributed by atoms with Crippen LogP contribution in [0.3, 0.4) is 0 Å². The van der Waals surface area contributed by atoms with Gasteiger partial charge in [0.15, 0.2) is 5.13 Å². The molecule has 1 N–H and O–H groups in total. The van der Waals surface area contributed by atoms with E-state index in [0.717, 1.165) is 16.4 Å². The Kier molecular flexibility index (Phi) is 2.47. The molecule has 0 unspecified atom stereocenters. The molecule has 1 heterocycles. The fourth-order valence-corrected chi connectivity index (χ4v) is 3.22. The van der Waals surface area contributed by atoms with E-state index in [4.69, 9.17) is 4.74 Å². The van der Waals surface area contributed by atoms with E-state index in [1.54, 1.807) is 18.4 Å². The van der Waals surface area contributed by atoms with Gasteiger partial charge in [-0.3, -0.25) is 0 Å². The minimum atomic E-state index is 0.262. The van der Waals surface area contributed by atoms with E-state index in [0.29, 0.717) is 0 Å². The molecule has 1 saturated carbocycles. The van der Waals surface area contributed by atoms with Gasteiger partial charge in [0.05, 0.1) is 17.3 Å². The summed E-state index contributed by atoms with van der Waals surface area (Å²) in [5.41, 5.74) is 1.30. The minimum absolute atomic E-state index is 0.262. The zero-order valence-corrected chi connectivity index (χ0v) is 10.9. The molecule has 3 rings (SSSR count). The average molecular weight is 248 g/mol. The van der Waals surface area contributed by atoms with Crippen molar-refractivity contribution in [1.29, 1.82) is 0 Å². The lowest BCUT2D eigenvalue weighted by molar-refractivity contribution is 0.306. The van der Waals surface area contributed by atoms with Gasteiger partial charge in [-0.05, 0) is 44.4 Å². The van der Waals surface area contributed by atoms with E-state index in [-0.39, 0.29) is 5.54 Å². The van der Waals surface area contributed by atoms with Crippen molar-refractivity contribution in [2.24, 2.45) is 0 Å². The summed E-state index contributed by atoms with van der Waals surface area (Å²) in [7, 11) is 1.69. The molecular weight excluding hydrogens is 232 g/mol. The lowest BCUT2D eigenvalue weighted by Crippen LogP contribution is -2.41. The highest BCUT2D eigenvalue weighted by Gasteiger charge is 2.32. The number of thiazole rings is 1. The highest BCUT2D eigenvalue weighted by Crippen LogP contribution is 2.37. The van der Waals surface area contributed by atoms with E-state index < -0.39 is 0 Å². The van der Waals surface area contributed by atoms with Gasteiger partial charge in [0.25, 0.3) is 0 Å². The number of nitrogens with zero attached hydrogens (tertiary/aromatic N) is 1. The third-order valence-electron chi connectivity index (χ3n) is 3.46. The standard InChI is InChI=1S/C13H16N2OS/c1-13(6-3-7-13)15-12-14-10-5-4-9(16-2)8-11(10)17-12/h4-5,8H,3,6-7H2,1-2H3,(H,14,15). The number of aromatic nitrogens is 1. The molecule has 4 heteroatoms. The lowest BCUT2D eigenvalue weighted by Gasteiger charge is -2.39. The number of rotatable bonds is 3. The molecule has 0 bridgehead atoms. The predicted molar refractivity (Wildman–Crippen MR) is 72.1 cm³/mol. The summed E-state index contributed by atoms with van der Waals surface area (Å²) in [6, 6.07) is 6.01. The Morgan fingerprint density at radius 3 is 2.88 bits per heavy atom. The largest absolute Gasteiger partial charge is 0.497 e. The first-order chi connectivity index (χ1) is 8.18. The summed E-state index contributed by atoms with van der Waals surface area (Å²) in [6.07, 6.45) is 3.81. The first-order valence-corrected chi connectivity index (χ1v) is 6.73. The van der Waals surface area contributed by atoms with E-state index in [9.17, 15) is 0 Å². The van der Waals surface area contributed by atoms with Crippen LogP contribution in [0.1, 0.15) is 26.2 Å². The quantitative estimate of drug-likeness (QED) is 0.900. The zero-order valence-electron chi connectivity index (χ0n) is 10.1. The van der Waals surface area contributed by atoms with Crippen LogP contribution in [0.25, 0.3) is 10.2 Å². The van der Waals surface area contributed by atoms with Gasteiger partial charge in [-0.2, -0.15) is 0 Å². The molecule has 0 aliphatic heterocycles. The first-order valence-electron chi connectivity index (χ1n) is 5.91. The molecule has 1 aromatic heterocycles. The summed E-state index contributed by atoms with van der Waals surface area (Å²) in [4.78, 5) is 4.61. The van der Waals surface area contributed by atoms with Crippen LogP contribution in [0.2, 0.25) is 0 Å². The molecule has 17 heavy (non-hydrogen) atoms. The van der Waals surface area contributed by atoms with Gasteiger partial charge in [0, 0.05) is 5.54 Å². The molecule has 0 atom stereocenters. The maximum absolute atomic E-state index is 5.22. The van der Waals surface area contributed by atoms with Crippen molar-refractivity contribution in [2.45, 2.75) is 31.7 Å². The van der Waals surface area contributed by atoms with Gasteiger partial charge in [0.2, 0.25) is 0 Å². The molecule has 1 fully saturated rings. The normalized spacial score (nSPS) is 17.8. The Morgan fingerprint density at radius 2 is 2.24 bits per heavy atom. The van der Waals surface area contributed by atoms with Crippen LogP contribution in [0.5, 0.6) is 5.75 Å². The van der Waals surface area contributed by atoms with Crippen LogP contribution in [0, 0.1) is 0 Å². The SMILES string of the molecule is COc1ccc2nc(NC3(C)CCC3)sc2c1. The summed E-state index contributed by atoms with van der Waals surface area (Å²) in [5, 5.41) is 4.57. The molecule has 1 aliphatic carbocycles. The summed E-state index contributed by atoms with van der Waals surface area (Å²) >= 11 is 1.70. The van der Waals surface area contributed by atoms with Gasteiger partial charge in [-0.15, -0.1) is 0 Å². The molecule has 3 nitrogen and oxygen atoms in total. The summed E-state index contributed by atoms with van der Waals surface area (Å²) in [5.74, 6) is 0.891. The molecule has 2 aromatic rings. The number of nitrogens with one attached hydrogen (secondary N) is 1. The Labute approximate surface area is 105 Å². The Balaban J connectivity index is 1.90. The molecular formula is C13H16N2OS. The molecule has 1 aliphatic rings. The van der Waals surface area contributed by atoms with Gasteiger partial charge in [-0.1, -0.05) is 11.3 Å². The third kappa shape index (κ3) is 1.97. The Morgan fingerprint density at radius 1 is 1.41 bits per heavy atom. The van der Waals surface area contributed by atoms with E-state index in [1.165, 1.54) is 24.0 Å². The second-order valence-electron chi connectivity index (χ2n) is 4.89. The van der Waals surface area contributed by atoms with Gasteiger partial charge >= 0.3 is 0 Å². The number of fused-ring (bicyclic) bond motifs is 1. The molecule has 0 radical (unpaired) electrons. The van der Waals surface area contributed by atoms with Crippen LogP contribution in [-0.2, 0) is 0 Å². The zero-order chi connectivity index (χ0) is 11.9. The fourth-order valence-electron chi connectivity index (χ4n) is 2.18. The Hall–Kier alpha value is -1.29. The number of ether oxygens (including phenoxy) is 1. The Bertz CT molecular complexity index is 545. The van der Waals surface area contributed by atoms with Crippen LogP contribution < -0.4 is 10.1 Å². The predicted octanol–water partition coefficient (Wildman–Crippen LogP) is 3.66. The molecule has 0 saturated heterocycles. The van der Waals surface area contributed by atoms with Crippen LogP contribution in [0.15, 0.2) is 18.2 Å². The molecule has 0 amide bonds. The summed E-state index contributed by atoms with van der Waals surface area (Å²) < 4.78 is 6.40. The first kappa shape index (κ1) is 10.8. The summed E-state index contributed by atoms with van der Waals surface area (Å²) in [6.45, 7) is 2.27. The van der Waals surface area contributed by atoms with Crippen LogP contribution in [-0.4, -0.2) is 17.6 Å². The third-order valence-corrected chi connectivity index (χ3v) is 4.40. The monoisotopic (exact) mass is 248 g/mol. The number of hydrogen-bond acceptors (Lipinski definition) is 4. The molecule has 90 valence electrons. The van der Waals surface area contributed by atoms with Gasteiger partial charge in [0.1, 0.15) is 5.75 Å². The maximum atomic E-state index is 5.22. The molecule has 0 spiro atoms. The average Bonchev–Trinajstić information content (AvgIpc) is 2.67. The van der Waals surface area contributed by atoms with Crippen molar-refractivity contribution in [3.8, 4) is 5.75 Å². The number of methoxy groups -OCH3 is 1. The second kappa shape index (κ2) is 3.88. The van der Waals surface area contributed by atoms with Crippen LogP contribution in [0.4, 0.5) is 5.13 Å². The van der Waals surface area contributed by atoms with Gasteiger partial charge < -0.3 is 10.1 Å². The number of anilines is 1. The number of hydrogen-bond donors (Lipinski definition) is 1. The minimum Gasteiger partial charge on any atom is -0.497 e. The van der Waals surface area contributed by atoms with E-state index >= 15 is 0 Å². The van der Waals surface area contributed by atoms with Crippen molar-refractivity contribution in [3.63, 3.8) is 0 Å². The van der Waals surface area contributed by atoms with Crippen molar-refractivity contribution in [1.82, 2.24) is 4.98 Å². The second-order valence-corrected chi connectivity index (χ2v) is 5.92. The van der Waals surface area contributed by atoms with Crippen molar-refractivity contribution < 1.29 is 4.74 Å². The van der Waals surface area contributed by atoms with Crippen molar-refractivity contribution in [3.05, 3.63) is 18.2 Å². The smallest absolute Gasteiger partial charge is 0.184 e. The lowest BCUT2D eigenvalue weighted by atomic mass is 9.79. The van der Waals surface area contributed by atoms with Crippen molar-refractivity contribution >= 4 is 26.7 Å². The van der Waals surface area contributed by atoms with Gasteiger partial charge in [-0.25, -0.2) is 4.98 Å². The topological polar surface area (TPSA) is 34.1 Å². The highest BCUT2D eigenvalue weighted by atomic mass is 32.1. The number of benzene rings is 1. The maximum Gasteiger partial charge on any atom is 0.184 e. The molecule has 1 aromatic carbocycles. The fraction of sp³-hybridized carbons (Fsp3) is 0.462. The van der Waals surface area contributed by atoms with Crippen LogP contribution >= 0.6 is 11.3 Å². The van der Waals surface area contributed by atoms with E-state index in [1.807, 2.05) is 18.2 Å². The van der Waals surface area contributed by atoms with E-state index in [2.05, 4.69) is 17.2 Å². The highest BCUT2D eigenvalue weighted by molar-refractivity contribution is 7.22. The van der Waals surface area contributed by atoms with Crippen molar-refractivity contribution in [2.75, 3.05) is 12.4 Å².